The zero-order chi connectivity index (χ0) is 22.9. The van der Waals surface area contributed by atoms with Gasteiger partial charge in [-0.05, 0) is 66.6 Å². The highest BCUT2D eigenvalue weighted by Gasteiger charge is 2.06. The first kappa shape index (κ1) is 21.8. The molecule has 0 fully saturated rings. The van der Waals surface area contributed by atoms with E-state index in [2.05, 4.69) is 19.1 Å². The molecule has 2 aromatic heterocycles. The van der Waals surface area contributed by atoms with Crippen LogP contribution in [0.25, 0.3) is 40.3 Å². The fourth-order valence-corrected chi connectivity index (χ4v) is 6.12. The number of halogens is 1. The van der Waals surface area contributed by atoms with Crippen LogP contribution >= 0.6 is 34.3 Å². The van der Waals surface area contributed by atoms with E-state index in [1.165, 1.54) is 5.56 Å². The van der Waals surface area contributed by atoms with Crippen molar-refractivity contribution >= 4 is 74.6 Å². The van der Waals surface area contributed by atoms with E-state index < -0.39 is 0 Å². The van der Waals surface area contributed by atoms with E-state index in [0.717, 1.165) is 41.4 Å². The van der Waals surface area contributed by atoms with E-state index in [1.807, 2.05) is 66.7 Å². The molecule has 0 aliphatic carbocycles. The van der Waals surface area contributed by atoms with E-state index >= 15 is 0 Å². The fraction of sp³-hybridized carbons (Fsp3) is 0.0714. The Labute approximate surface area is 203 Å². The van der Waals surface area contributed by atoms with Crippen LogP contribution in [0.5, 0.6) is 0 Å². The number of rotatable bonds is 1. The normalized spacial score (nSPS) is 11.1. The van der Waals surface area contributed by atoms with Crippen LogP contribution in [0.2, 0.25) is 5.02 Å². The molecule has 162 valence electrons. The van der Waals surface area contributed by atoms with Gasteiger partial charge in [0.05, 0.1) is 0 Å². The highest BCUT2D eigenvalue weighted by Crippen LogP contribution is 2.27. The summed E-state index contributed by atoms with van der Waals surface area (Å²) >= 11 is 9.21. The third kappa shape index (κ3) is 4.18. The van der Waals surface area contributed by atoms with Crippen molar-refractivity contribution in [1.29, 1.82) is 0 Å². The van der Waals surface area contributed by atoms with Gasteiger partial charge >= 0.3 is 0 Å². The third-order valence-corrected chi connectivity index (χ3v) is 8.13. The molecule has 0 saturated carbocycles. The Hall–Kier alpha value is -3.05. The lowest BCUT2D eigenvalue weighted by atomic mass is 10.1. The second-order valence-corrected chi connectivity index (χ2v) is 10.3. The van der Waals surface area contributed by atoms with Crippen LogP contribution in [0.15, 0.2) is 94.5 Å². The summed E-state index contributed by atoms with van der Waals surface area (Å²) in [5.41, 5.74) is 1.44. The molecule has 5 heteroatoms. The molecule has 0 amide bonds. The van der Waals surface area contributed by atoms with Crippen molar-refractivity contribution in [1.82, 2.24) is 0 Å². The van der Waals surface area contributed by atoms with Gasteiger partial charge in [0.15, 0.2) is 10.9 Å². The van der Waals surface area contributed by atoms with Gasteiger partial charge in [0.25, 0.3) is 0 Å². The van der Waals surface area contributed by atoms with Crippen LogP contribution in [-0.2, 0) is 6.42 Å². The van der Waals surface area contributed by atoms with Crippen molar-refractivity contribution in [3.8, 4) is 0 Å². The molecule has 6 rings (SSSR count). The number of benzene rings is 4. The quantitative estimate of drug-likeness (QED) is 0.220. The first-order valence-corrected chi connectivity index (χ1v) is 12.6. The summed E-state index contributed by atoms with van der Waals surface area (Å²) in [5, 5.41) is 3.76. The first-order valence-electron chi connectivity index (χ1n) is 10.6. The van der Waals surface area contributed by atoms with Gasteiger partial charge in [0.2, 0.25) is 0 Å². The Bertz CT molecular complexity index is 1770. The summed E-state index contributed by atoms with van der Waals surface area (Å²) in [5.74, 6) is 0. The summed E-state index contributed by atoms with van der Waals surface area (Å²) in [7, 11) is 0. The molecule has 0 saturated heterocycles. The molecule has 0 unspecified atom stereocenters. The van der Waals surface area contributed by atoms with Gasteiger partial charge in [-0.15, -0.1) is 22.7 Å². The standard InChI is InChI=1S/C15H12OS.C13H7ClOS/c1-2-10-7-8-14-12(9-10)15(16)11-5-3-4-6-13(11)17-14;14-8-5-6-12-10(7-8)13(15)9-3-1-2-4-11(9)16-12/h3-9H,2H2,1H3;1-7H. The minimum Gasteiger partial charge on any atom is -0.289 e. The van der Waals surface area contributed by atoms with Crippen LogP contribution < -0.4 is 10.9 Å². The number of fused-ring (bicyclic) bond motifs is 4. The maximum atomic E-state index is 12.4. The Morgan fingerprint density at radius 3 is 1.67 bits per heavy atom. The lowest BCUT2D eigenvalue weighted by molar-refractivity contribution is 1.15. The SMILES string of the molecule is CCc1ccc2sc3ccccc3c(=O)c2c1.O=c1c2ccccc2sc2ccc(Cl)cc12. The summed E-state index contributed by atoms with van der Waals surface area (Å²) in [6.07, 6.45) is 0.965. The van der Waals surface area contributed by atoms with Gasteiger partial charge in [-0.2, -0.15) is 0 Å². The monoisotopic (exact) mass is 486 g/mol. The summed E-state index contributed by atoms with van der Waals surface area (Å²) in [4.78, 5) is 24.6. The Kier molecular flexibility index (Phi) is 5.98. The van der Waals surface area contributed by atoms with E-state index in [0.29, 0.717) is 10.4 Å². The van der Waals surface area contributed by atoms with E-state index in [-0.39, 0.29) is 10.9 Å². The van der Waals surface area contributed by atoms with Crippen LogP contribution in [0.4, 0.5) is 0 Å². The van der Waals surface area contributed by atoms with Gasteiger partial charge in [0, 0.05) is 45.4 Å². The van der Waals surface area contributed by atoms with Crippen LogP contribution in [0.3, 0.4) is 0 Å². The molecule has 0 radical (unpaired) electrons. The third-order valence-electron chi connectivity index (χ3n) is 5.59. The maximum Gasteiger partial charge on any atom is 0.195 e. The van der Waals surface area contributed by atoms with Gasteiger partial charge in [-0.25, -0.2) is 0 Å². The Morgan fingerprint density at radius 2 is 1.09 bits per heavy atom. The van der Waals surface area contributed by atoms with Crippen molar-refractivity contribution in [2.24, 2.45) is 0 Å². The molecule has 0 N–H and O–H groups in total. The molecular formula is C28H19ClO2S2. The zero-order valence-corrected chi connectivity index (χ0v) is 20.2. The molecule has 2 nitrogen and oxygen atoms in total. The van der Waals surface area contributed by atoms with Gasteiger partial charge in [0.1, 0.15) is 0 Å². The van der Waals surface area contributed by atoms with E-state index in [9.17, 15) is 9.59 Å². The van der Waals surface area contributed by atoms with Gasteiger partial charge in [-0.1, -0.05) is 48.9 Å². The van der Waals surface area contributed by atoms with Crippen LogP contribution in [-0.4, -0.2) is 0 Å². The molecule has 0 spiro atoms. The average Bonchev–Trinajstić information content (AvgIpc) is 2.85. The molecule has 0 aliphatic heterocycles. The second-order valence-electron chi connectivity index (χ2n) is 7.68. The average molecular weight is 487 g/mol. The first-order chi connectivity index (χ1) is 16.0. The highest BCUT2D eigenvalue weighted by atomic mass is 35.5. The molecule has 4 aromatic carbocycles. The second kappa shape index (κ2) is 9.06. The summed E-state index contributed by atoms with van der Waals surface area (Å²) in [6.45, 7) is 2.11. The molecule has 0 atom stereocenters. The molecular weight excluding hydrogens is 468 g/mol. The topological polar surface area (TPSA) is 34.1 Å². The highest BCUT2D eigenvalue weighted by molar-refractivity contribution is 7.24. The molecule has 2 heterocycles. The van der Waals surface area contributed by atoms with Gasteiger partial charge in [-0.3, -0.25) is 9.59 Å². The van der Waals surface area contributed by atoms with Crippen molar-refractivity contribution in [3.63, 3.8) is 0 Å². The largest absolute Gasteiger partial charge is 0.289 e. The van der Waals surface area contributed by atoms with Crippen molar-refractivity contribution < 1.29 is 0 Å². The summed E-state index contributed by atoms with van der Waals surface area (Å²) < 4.78 is 4.13. The molecule has 0 bridgehead atoms. The number of hydrogen-bond acceptors (Lipinski definition) is 4. The zero-order valence-electron chi connectivity index (χ0n) is 17.8. The van der Waals surface area contributed by atoms with E-state index in [4.69, 9.17) is 11.6 Å². The van der Waals surface area contributed by atoms with Crippen molar-refractivity contribution in [3.05, 3.63) is 116 Å². The summed E-state index contributed by atoms with van der Waals surface area (Å²) in [6, 6.07) is 27.1. The van der Waals surface area contributed by atoms with Crippen LogP contribution in [0, 0.1) is 0 Å². The minimum atomic E-state index is 0.0619. The number of hydrogen-bond donors (Lipinski definition) is 0. The minimum absolute atomic E-state index is 0.0619. The van der Waals surface area contributed by atoms with Crippen molar-refractivity contribution in [2.75, 3.05) is 0 Å². The van der Waals surface area contributed by atoms with Crippen molar-refractivity contribution in [2.45, 2.75) is 13.3 Å². The van der Waals surface area contributed by atoms with E-state index in [1.54, 1.807) is 28.7 Å². The predicted molar refractivity (Wildman–Crippen MR) is 146 cm³/mol. The predicted octanol–water partition coefficient (Wildman–Crippen LogP) is 8.05. The molecule has 6 aromatic rings. The maximum absolute atomic E-state index is 12.4. The van der Waals surface area contributed by atoms with Gasteiger partial charge < -0.3 is 0 Å². The lowest BCUT2D eigenvalue weighted by Crippen LogP contribution is -2.01. The van der Waals surface area contributed by atoms with Crippen LogP contribution in [0.1, 0.15) is 12.5 Å². The lowest BCUT2D eigenvalue weighted by Gasteiger charge is -2.02. The fourth-order valence-electron chi connectivity index (χ4n) is 3.85. The smallest absolute Gasteiger partial charge is 0.195 e. The Balaban J connectivity index is 0.000000139. The molecule has 0 aliphatic rings. The Morgan fingerprint density at radius 1 is 0.606 bits per heavy atom. The molecule has 33 heavy (non-hydrogen) atoms. The number of aryl methyl sites for hydroxylation is 1.